The molecule has 0 saturated carbocycles. The van der Waals surface area contributed by atoms with Crippen molar-refractivity contribution in [3.05, 3.63) is 40.4 Å². The monoisotopic (exact) mass is 308 g/mol. The molecule has 2 heterocycles. The summed E-state index contributed by atoms with van der Waals surface area (Å²) in [6.45, 7) is 0.0475. The molecule has 0 radical (unpaired) electrons. The molecule has 0 saturated heterocycles. The van der Waals surface area contributed by atoms with Gasteiger partial charge in [0.15, 0.2) is 17.2 Å². The molecule has 0 aliphatic carbocycles. The number of hydrogen-bond acceptors (Lipinski definition) is 5. The molecule has 0 bridgehead atoms. The second-order valence-corrected chi connectivity index (χ2v) is 4.69. The predicted octanol–water partition coefficient (Wildman–Crippen LogP) is 1.90. The number of nitrogens with zero attached hydrogens (tertiary/aromatic N) is 2. The third-order valence-corrected chi connectivity index (χ3v) is 3.28. The Labute approximate surface area is 123 Å². The van der Waals surface area contributed by atoms with E-state index in [-0.39, 0.29) is 18.0 Å². The second-order valence-electron chi connectivity index (χ2n) is 4.26. The number of halogens is 1. The molecule has 7 nitrogen and oxygen atoms in total. The summed E-state index contributed by atoms with van der Waals surface area (Å²) in [4.78, 5) is 27.2. The topological polar surface area (TPSA) is 90.7 Å². The third kappa shape index (κ3) is 2.02. The van der Waals surface area contributed by atoms with E-state index in [0.717, 1.165) is 7.11 Å². The minimum Gasteiger partial charge on any atom is -0.483 e. The molecule has 0 amide bonds. The van der Waals surface area contributed by atoms with E-state index in [2.05, 4.69) is 9.72 Å². The number of rotatable bonds is 2. The van der Waals surface area contributed by atoms with Gasteiger partial charge in [-0.1, -0.05) is 11.6 Å². The molecular formula is C13H9ClN2O5. The number of fused-ring (bicyclic) bond motifs is 3. The number of imidazole rings is 1. The Balaban J connectivity index is 2.32. The van der Waals surface area contributed by atoms with Gasteiger partial charge < -0.3 is 14.6 Å². The number of benzene rings is 1. The third-order valence-electron chi connectivity index (χ3n) is 3.05. The first-order valence-corrected chi connectivity index (χ1v) is 6.26. The minimum absolute atomic E-state index is 0.0475. The number of aromatic carboxylic acids is 1. The molecule has 2 aromatic rings. The molecule has 108 valence electrons. The lowest BCUT2D eigenvalue weighted by molar-refractivity contribution is 0.0575. The van der Waals surface area contributed by atoms with E-state index in [4.69, 9.17) is 16.3 Å². The summed E-state index contributed by atoms with van der Waals surface area (Å²) in [5.74, 6) is -1.36. The summed E-state index contributed by atoms with van der Waals surface area (Å²) in [5.41, 5.74) is -0.121. The SMILES string of the molecule is COC(=O)c1nc2n(c1C(=O)O)-c1cc(Cl)ccc1OC2. The Kier molecular flexibility index (Phi) is 3.06. The van der Waals surface area contributed by atoms with Crippen molar-refractivity contribution in [3.8, 4) is 11.4 Å². The van der Waals surface area contributed by atoms with Crippen LogP contribution in [0.1, 0.15) is 26.8 Å². The van der Waals surface area contributed by atoms with Crippen LogP contribution in [0.3, 0.4) is 0 Å². The van der Waals surface area contributed by atoms with Gasteiger partial charge >= 0.3 is 11.9 Å². The molecule has 0 unspecified atom stereocenters. The highest BCUT2D eigenvalue weighted by Gasteiger charge is 2.32. The fraction of sp³-hybridized carbons (Fsp3) is 0.154. The average Bonchev–Trinajstić information content (AvgIpc) is 2.86. The van der Waals surface area contributed by atoms with E-state index in [0.29, 0.717) is 22.3 Å². The van der Waals surface area contributed by atoms with Crippen molar-refractivity contribution < 1.29 is 24.2 Å². The molecular weight excluding hydrogens is 300 g/mol. The first-order valence-electron chi connectivity index (χ1n) is 5.89. The second kappa shape index (κ2) is 4.78. The molecule has 1 aromatic heterocycles. The highest BCUT2D eigenvalue weighted by molar-refractivity contribution is 6.30. The van der Waals surface area contributed by atoms with Gasteiger partial charge in [-0.2, -0.15) is 0 Å². The standard InChI is InChI=1S/C13H9ClN2O5/c1-20-13(19)10-11(12(17)18)16-7-4-6(14)2-3-8(7)21-5-9(16)15-10/h2-4H,5H2,1H3,(H,17,18). The van der Waals surface area contributed by atoms with Crippen molar-refractivity contribution in [2.45, 2.75) is 6.61 Å². The molecule has 21 heavy (non-hydrogen) atoms. The van der Waals surface area contributed by atoms with Crippen molar-refractivity contribution in [2.24, 2.45) is 0 Å². The Hall–Kier alpha value is -2.54. The fourth-order valence-corrected chi connectivity index (χ4v) is 2.36. The van der Waals surface area contributed by atoms with Crippen molar-refractivity contribution in [1.29, 1.82) is 0 Å². The summed E-state index contributed by atoms with van der Waals surface area (Å²) in [6.07, 6.45) is 0. The maximum atomic E-state index is 11.7. The Morgan fingerprint density at radius 3 is 2.90 bits per heavy atom. The highest BCUT2D eigenvalue weighted by Crippen LogP contribution is 2.34. The van der Waals surface area contributed by atoms with Gasteiger partial charge in [-0.25, -0.2) is 14.6 Å². The highest BCUT2D eigenvalue weighted by atomic mass is 35.5. The van der Waals surface area contributed by atoms with Crippen LogP contribution in [0.15, 0.2) is 18.2 Å². The van der Waals surface area contributed by atoms with E-state index < -0.39 is 11.9 Å². The van der Waals surface area contributed by atoms with Crippen LogP contribution in [0, 0.1) is 0 Å². The zero-order valence-electron chi connectivity index (χ0n) is 10.8. The van der Waals surface area contributed by atoms with Crippen molar-refractivity contribution in [2.75, 3.05) is 7.11 Å². The predicted molar refractivity (Wildman–Crippen MR) is 71.2 cm³/mol. The van der Waals surface area contributed by atoms with E-state index in [1.165, 1.54) is 4.57 Å². The number of carboxylic acid groups (broad SMARTS) is 1. The van der Waals surface area contributed by atoms with Crippen molar-refractivity contribution >= 4 is 23.5 Å². The van der Waals surface area contributed by atoms with Crippen LogP contribution in [0.25, 0.3) is 5.69 Å². The van der Waals surface area contributed by atoms with Crippen molar-refractivity contribution in [3.63, 3.8) is 0 Å². The zero-order chi connectivity index (χ0) is 15.1. The van der Waals surface area contributed by atoms with Crippen LogP contribution in [0.5, 0.6) is 5.75 Å². The van der Waals surface area contributed by atoms with Crippen LogP contribution in [-0.4, -0.2) is 33.7 Å². The number of ether oxygens (including phenoxy) is 2. The summed E-state index contributed by atoms with van der Waals surface area (Å²) < 4.78 is 11.4. The fourth-order valence-electron chi connectivity index (χ4n) is 2.19. The minimum atomic E-state index is -1.29. The lowest BCUT2D eigenvalue weighted by atomic mass is 10.2. The maximum Gasteiger partial charge on any atom is 0.359 e. The molecule has 0 atom stereocenters. The normalized spacial score (nSPS) is 12.1. The number of carbonyl (C=O) groups excluding carboxylic acids is 1. The van der Waals surface area contributed by atoms with Crippen LogP contribution >= 0.6 is 11.6 Å². The van der Waals surface area contributed by atoms with Crippen molar-refractivity contribution in [1.82, 2.24) is 9.55 Å². The Bertz CT molecular complexity index is 768. The molecule has 3 rings (SSSR count). The van der Waals surface area contributed by atoms with Crippen LogP contribution in [0.4, 0.5) is 0 Å². The van der Waals surface area contributed by atoms with Gasteiger partial charge in [0.1, 0.15) is 12.4 Å². The number of esters is 1. The van der Waals surface area contributed by atoms with Gasteiger partial charge in [0.2, 0.25) is 0 Å². The number of methoxy groups -OCH3 is 1. The largest absolute Gasteiger partial charge is 0.483 e. The van der Waals surface area contributed by atoms with Gasteiger partial charge in [0.25, 0.3) is 0 Å². The summed E-state index contributed by atoms with van der Waals surface area (Å²) in [5, 5.41) is 9.82. The number of carbonyl (C=O) groups is 2. The molecule has 1 aliphatic heterocycles. The first-order chi connectivity index (χ1) is 10.0. The van der Waals surface area contributed by atoms with Crippen LogP contribution < -0.4 is 4.74 Å². The molecule has 1 aromatic carbocycles. The lowest BCUT2D eigenvalue weighted by Crippen LogP contribution is -2.18. The summed E-state index contributed by atoms with van der Waals surface area (Å²) in [7, 11) is 1.16. The number of aromatic nitrogens is 2. The molecule has 0 fully saturated rings. The maximum absolute atomic E-state index is 11.7. The number of carboxylic acids is 1. The zero-order valence-corrected chi connectivity index (χ0v) is 11.5. The van der Waals surface area contributed by atoms with E-state index in [9.17, 15) is 14.7 Å². The van der Waals surface area contributed by atoms with E-state index >= 15 is 0 Å². The quantitative estimate of drug-likeness (QED) is 0.852. The summed E-state index contributed by atoms with van der Waals surface area (Å²) in [6, 6.07) is 4.81. The van der Waals surface area contributed by atoms with Gasteiger partial charge in [-0.15, -0.1) is 0 Å². The van der Waals surface area contributed by atoms with Gasteiger partial charge in [-0.05, 0) is 18.2 Å². The Morgan fingerprint density at radius 2 is 2.24 bits per heavy atom. The molecule has 0 spiro atoms. The van der Waals surface area contributed by atoms with Gasteiger partial charge in [0.05, 0.1) is 12.8 Å². The summed E-state index contributed by atoms with van der Waals surface area (Å²) >= 11 is 5.94. The van der Waals surface area contributed by atoms with E-state index in [1.807, 2.05) is 0 Å². The Morgan fingerprint density at radius 1 is 1.48 bits per heavy atom. The molecule has 1 N–H and O–H groups in total. The molecule has 1 aliphatic rings. The van der Waals surface area contributed by atoms with E-state index in [1.54, 1.807) is 18.2 Å². The van der Waals surface area contributed by atoms with Crippen LogP contribution in [-0.2, 0) is 11.3 Å². The number of hydrogen-bond donors (Lipinski definition) is 1. The average molecular weight is 309 g/mol. The lowest BCUT2D eigenvalue weighted by Gasteiger charge is -2.20. The molecule has 8 heteroatoms. The van der Waals surface area contributed by atoms with Gasteiger partial charge in [-0.3, -0.25) is 4.57 Å². The van der Waals surface area contributed by atoms with Gasteiger partial charge in [0, 0.05) is 5.02 Å². The van der Waals surface area contributed by atoms with Crippen LogP contribution in [0.2, 0.25) is 5.02 Å². The smallest absolute Gasteiger partial charge is 0.359 e. The first kappa shape index (κ1) is 13.4.